The SMILES string of the molecule is COc1ccc(N(c2ccc(C#Cc3sc(-c4sc(-c5cc6c(s5)-c5sc(OC=O)c[n+]5[B-]6(c5c(C)cc(C)cc5C)c5c(C)cc(C)cc5C)cc4C)cc3C)cc2)c2ccc(OC)cc2)cc1.COc1ccc(N(c2ccc(C#Cc3sc(-c4sc(-c5cc6c(s5)-c5scc[n+]5[B-]6(c5c(C)cc(C)cc5C)c5c(C)cc(C)cc5C)cc4C)cc3C)cc2)c2ccc(OC)cc2)cc1. The molecule has 10 nitrogen and oxygen atoms in total. The number of thiazole rings is 2. The van der Waals surface area contributed by atoms with Crippen LogP contribution in [0, 0.1) is 134 Å². The lowest BCUT2D eigenvalue weighted by molar-refractivity contribution is -0.519. The van der Waals surface area contributed by atoms with Gasteiger partial charge in [-0.05, 0) is 314 Å². The molecule has 0 aliphatic carbocycles. The third-order valence-electron chi connectivity index (χ3n) is 26.6. The molecule has 0 radical (unpaired) electrons. The Morgan fingerprint density at radius 2 is 0.585 bits per heavy atom. The van der Waals surface area contributed by atoms with Crippen LogP contribution in [0.1, 0.15) is 110 Å². The standard InChI is InChI=1S/C58H51BN2O4S4.C57H51BN2O2S4/c1-34-25-37(4)54(38(5)26-34)59(55-39(6)27-35(2)28-40(55)7)48-31-51(68-57(48)58-60(59)32-53(69-58)65-33-62)50-30-41(8)56(67-50)52-29-36(3)49(66-52)24-13-42-11-14-43(15-12-42)61(44-16-20-46(63-9)21-17-44)45-18-22-47(64-10)23-19-45;1-34-27-37(4)53(38(5)28-34)58(54-39(6)29-35(2)30-40(54)7)48-33-51(66-56(48)57-59(58)25-26-63-57)50-32-41(8)55(65-50)52-31-36(3)49(64-52)24-13-42-11-14-43(15-12-42)60(44-16-20-46(61-9)21-17-44)45-18-22-47(62-10)23-19-45/h11-12,14-23,25-33H,1-10H3;11-12,14-23,25-33H,1-10H3. The maximum atomic E-state index is 11.8. The summed E-state index contributed by atoms with van der Waals surface area (Å²) in [5.74, 6) is 17.3. The summed E-state index contributed by atoms with van der Waals surface area (Å²) in [7, 11) is 6.74. The van der Waals surface area contributed by atoms with Crippen LogP contribution < -0.4 is 75.2 Å². The van der Waals surface area contributed by atoms with E-state index in [9.17, 15) is 4.79 Å². The van der Waals surface area contributed by atoms with Crippen LogP contribution in [0.2, 0.25) is 0 Å². The van der Waals surface area contributed by atoms with E-state index in [4.69, 9.17) is 23.7 Å². The average molecular weight is 1910 g/mol. The molecule has 20 rings (SSSR count). The summed E-state index contributed by atoms with van der Waals surface area (Å²) in [4.78, 5) is 31.3. The van der Waals surface area contributed by atoms with Crippen LogP contribution in [0.3, 0.4) is 0 Å². The van der Waals surface area contributed by atoms with Gasteiger partial charge >= 0.3 is 12.6 Å². The van der Waals surface area contributed by atoms with Crippen molar-refractivity contribution >= 4 is 177 Å². The van der Waals surface area contributed by atoms with E-state index in [2.05, 4.69) is 353 Å². The van der Waals surface area contributed by atoms with Gasteiger partial charge in [-0.2, -0.15) is 0 Å². The number of benzene rings is 10. The van der Waals surface area contributed by atoms with E-state index < -0.39 is 12.6 Å². The van der Waals surface area contributed by atoms with Gasteiger partial charge < -0.3 is 42.4 Å². The smallest absolute Gasteiger partial charge is 0.363 e. The summed E-state index contributed by atoms with van der Waals surface area (Å²) in [5, 5.41) is 5.35. The third-order valence-corrected chi connectivity index (χ3v) is 36.6. The number of rotatable bonds is 20. The van der Waals surface area contributed by atoms with Gasteiger partial charge in [-0.3, -0.25) is 4.79 Å². The molecule has 0 unspecified atom stereocenters. The van der Waals surface area contributed by atoms with Gasteiger partial charge in [0.15, 0.2) is 6.20 Å². The highest BCUT2D eigenvalue weighted by Crippen LogP contribution is 2.51. The Kier molecular flexibility index (Phi) is 25.1. The number of fused-ring (bicyclic) bond motifs is 6. The van der Waals surface area contributed by atoms with Crippen molar-refractivity contribution in [2.24, 2.45) is 0 Å². The molecule has 2 aliphatic rings. The Morgan fingerprint density at radius 1 is 0.296 bits per heavy atom. The summed E-state index contributed by atoms with van der Waals surface area (Å²) in [6.45, 7) is 36.5. The maximum Gasteiger partial charge on any atom is 0.363 e. The van der Waals surface area contributed by atoms with Crippen molar-refractivity contribution in [1.29, 1.82) is 0 Å². The van der Waals surface area contributed by atoms with Crippen LogP contribution >= 0.6 is 90.7 Å². The molecule has 0 saturated carbocycles. The largest absolute Gasteiger partial charge is 0.497 e. The Balaban J connectivity index is 0.000000174. The fourth-order valence-electron chi connectivity index (χ4n) is 21.4. The first-order valence-electron chi connectivity index (χ1n) is 45.1. The van der Waals surface area contributed by atoms with Gasteiger partial charge in [0, 0.05) is 84.3 Å². The predicted molar refractivity (Wildman–Crippen MR) is 578 cm³/mol. The van der Waals surface area contributed by atoms with E-state index in [0.29, 0.717) is 11.5 Å². The number of aryl methyl sites for hydroxylation is 16. The van der Waals surface area contributed by atoms with Crippen LogP contribution in [0.4, 0.5) is 34.1 Å². The first kappa shape index (κ1) is 91.3. The van der Waals surface area contributed by atoms with Crippen molar-refractivity contribution in [3.63, 3.8) is 0 Å². The van der Waals surface area contributed by atoms with Gasteiger partial charge in [-0.25, -0.2) is 0 Å². The number of methoxy groups -OCH3 is 4. The molecule has 10 heterocycles. The van der Waals surface area contributed by atoms with Gasteiger partial charge in [-0.1, -0.05) is 162 Å². The number of carbonyl (C=O) groups excluding carboxylic acids is 1. The molecule has 135 heavy (non-hydrogen) atoms. The summed E-state index contributed by atoms with van der Waals surface area (Å²) >= 11 is 14.5. The zero-order valence-corrected chi connectivity index (χ0v) is 85.9. The van der Waals surface area contributed by atoms with E-state index in [1.165, 1.54) is 176 Å². The van der Waals surface area contributed by atoms with Crippen molar-refractivity contribution in [2.75, 3.05) is 38.2 Å². The van der Waals surface area contributed by atoms with E-state index >= 15 is 0 Å². The van der Waals surface area contributed by atoms with E-state index in [-0.39, 0.29) is 0 Å². The number of aromatic nitrogens is 2. The number of ether oxygens (including phenoxy) is 5. The average Bonchev–Trinajstić information content (AvgIpc) is 1.51. The van der Waals surface area contributed by atoms with E-state index in [1.807, 2.05) is 105 Å². The van der Waals surface area contributed by atoms with Crippen molar-refractivity contribution < 1.29 is 37.4 Å². The zero-order valence-electron chi connectivity index (χ0n) is 79.4. The fraction of sp³-hybridized carbons (Fsp3) is 0.174. The Labute approximate surface area is 824 Å². The lowest BCUT2D eigenvalue weighted by Gasteiger charge is -2.37. The summed E-state index contributed by atoms with van der Waals surface area (Å²) < 4.78 is 32.5. The molecule has 2 aliphatic heterocycles. The lowest BCUT2D eigenvalue weighted by atomic mass is 9.23. The highest BCUT2D eigenvalue weighted by molar-refractivity contribution is 7.32. The molecular formula is C115H102B2N4O6S8. The number of hydrogen-bond acceptors (Lipinski definition) is 16. The quantitative estimate of drug-likeness (QED) is 0.0424. The van der Waals surface area contributed by atoms with Crippen molar-refractivity contribution in [3.8, 4) is 111 Å². The normalized spacial score (nSPS) is 12.3. The molecule has 0 spiro atoms. The molecular weight excluding hydrogens is 1810 g/mol. The molecule has 0 amide bonds. The van der Waals surface area contributed by atoms with Crippen molar-refractivity contribution in [3.05, 3.63) is 358 Å². The van der Waals surface area contributed by atoms with E-state index in [0.717, 1.165) is 83.0 Å². The van der Waals surface area contributed by atoms with Crippen LogP contribution in [0.25, 0.3) is 58.8 Å². The predicted octanol–water partition coefficient (Wildman–Crippen LogP) is 26.3. The van der Waals surface area contributed by atoms with Gasteiger partial charge in [0.2, 0.25) is 15.1 Å². The number of hydrogen-bond donors (Lipinski definition) is 0. The molecule has 0 N–H and O–H groups in total. The van der Waals surface area contributed by atoms with Crippen molar-refractivity contribution in [2.45, 2.75) is 111 Å². The fourth-order valence-corrected chi connectivity index (χ4v) is 31.1. The topological polar surface area (TPSA) is 77.5 Å². The summed E-state index contributed by atoms with van der Waals surface area (Å²) in [6, 6.07) is 82.6. The minimum Gasteiger partial charge on any atom is -0.497 e. The Hall–Kier alpha value is -12.8. The van der Waals surface area contributed by atoms with Crippen molar-refractivity contribution in [1.82, 2.24) is 0 Å². The van der Waals surface area contributed by atoms with Crippen LogP contribution in [0.15, 0.2) is 248 Å². The Morgan fingerprint density at radius 3 is 0.904 bits per heavy atom. The molecule has 0 saturated heterocycles. The van der Waals surface area contributed by atoms with Gasteiger partial charge in [-0.15, -0.1) is 101 Å². The highest BCUT2D eigenvalue weighted by atomic mass is 32.1. The molecule has 0 fully saturated rings. The van der Waals surface area contributed by atoms with Crippen LogP contribution in [-0.4, -0.2) is 47.5 Å². The second-order valence-electron chi connectivity index (χ2n) is 35.8. The molecule has 0 atom stereocenters. The van der Waals surface area contributed by atoms with E-state index in [1.54, 1.807) is 62.4 Å². The van der Waals surface area contributed by atoms with Gasteiger partial charge in [0.05, 0.1) is 53.3 Å². The Bertz CT molecular complexity index is 7510. The second-order valence-corrected chi connectivity index (χ2v) is 44.0. The third kappa shape index (κ3) is 16.6. The molecule has 0 bridgehead atoms. The minimum absolute atomic E-state index is 0.543. The minimum atomic E-state index is -1.73. The van der Waals surface area contributed by atoms with Crippen LogP contribution in [0.5, 0.6) is 28.1 Å². The molecule has 672 valence electrons. The zero-order chi connectivity index (χ0) is 94.3. The lowest BCUT2D eigenvalue weighted by Crippen LogP contribution is -2.84. The number of anilines is 6. The first-order chi connectivity index (χ1) is 65.2. The summed E-state index contributed by atoms with van der Waals surface area (Å²) in [6.07, 6.45) is 1.19. The molecule has 10 aromatic carbocycles. The van der Waals surface area contributed by atoms with Gasteiger partial charge in [0.1, 0.15) is 29.2 Å². The second kappa shape index (κ2) is 37.1. The van der Waals surface area contributed by atoms with Crippen LogP contribution in [-0.2, 0) is 4.79 Å². The highest BCUT2D eigenvalue weighted by Gasteiger charge is 2.57. The number of carbonyl (C=O) groups is 1. The molecule has 20 heteroatoms. The molecule has 18 aromatic rings. The monoisotopic (exact) mass is 1910 g/mol. The molecule has 8 aromatic heterocycles. The number of thiophene rings is 6. The summed E-state index contributed by atoms with van der Waals surface area (Å²) in [5.41, 5.74) is 36.9. The maximum absolute atomic E-state index is 11.8. The van der Waals surface area contributed by atoms with Gasteiger partial charge in [0.25, 0.3) is 6.47 Å². The number of nitrogens with zero attached hydrogens (tertiary/aromatic N) is 4. The first-order valence-corrected chi connectivity index (χ1v) is 51.7.